The number of aromatic nitrogens is 5. The number of carbonyl (C=O) groups is 2. The fourth-order valence-electron chi connectivity index (χ4n) is 5.15. The van der Waals surface area contributed by atoms with Crippen LogP contribution in [0.4, 0.5) is 14.6 Å². The van der Waals surface area contributed by atoms with Crippen molar-refractivity contribution in [1.29, 1.82) is 0 Å². The molecule has 2 aromatic heterocycles. The van der Waals surface area contributed by atoms with E-state index < -0.39 is 23.2 Å². The molecule has 1 fully saturated rings. The van der Waals surface area contributed by atoms with E-state index in [1.807, 2.05) is 23.6 Å². The summed E-state index contributed by atoms with van der Waals surface area (Å²) in [5, 5.41) is 13.7. The Morgan fingerprint density at radius 1 is 1.15 bits per heavy atom. The second kappa shape index (κ2) is 10.6. The smallest absolute Gasteiger partial charge is 0.242 e. The molecule has 1 unspecified atom stereocenters. The largest absolute Gasteiger partial charge is 0.434 e. The normalized spacial score (nSPS) is 19.7. The molecule has 2 atom stereocenters. The van der Waals surface area contributed by atoms with E-state index in [0.717, 1.165) is 36.4 Å². The first kappa shape index (κ1) is 26.6. The average Bonchev–Trinajstić information content (AvgIpc) is 3.38. The number of H-pyrrole nitrogens is 1. The molecule has 2 amide bonds. The third-order valence-electron chi connectivity index (χ3n) is 7.33. The number of hydrogen-bond donors (Lipinski definition) is 2. The SMILES string of the molecule is C[C@@H](C(=O)Nc1cnc(Oc2ccc(F)cc2F)cn1)N1CCN(C(=O)C2CCc3n[nH]nc3C2)C(C)(C)C1. The van der Waals surface area contributed by atoms with Crippen molar-refractivity contribution in [2.24, 2.45) is 5.92 Å². The molecule has 3 aromatic rings. The molecule has 0 radical (unpaired) electrons. The van der Waals surface area contributed by atoms with E-state index >= 15 is 0 Å². The van der Waals surface area contributed by atoms with Crippen LogP contribution >= 0.6 is 0 Å². The van der Waals surface area contributed by atoms with Gasteiger partial charge in [-0.25, -0.2) is 18.7 Å². The molecule has 13 heteroatoms. The minimum absolute atomic E-state index is 0.00756. The zero-order valence-corrected chi connectivity index (χ0v) is 21.9. The molecule has 1 saturated heterocycles. The van der Waals surface area contributed by atoms with Crippen LogP contribution < -0.4 is 10.1 Å². The van der Waals surface area contributed by atoms with Crippen LogP contribution in [0.5, 0.6) is 11.6 Å². The Morgan fingerprint density at radius 2 is 1.95 bits per heavy atom. The first-order valence-corrected chi connectivity index (χ1v) is 12.8. The first-order valence-electron chi connectivity index (χ1n) is 12.8. The molecule has 0 bridgehead atoms. The molecule has 0 spiro atoms. The lowest BCUT2D eigenvalue weighted by Crippen LogP contribution is -2.64. The van der Waals surface area contributed by atoms with Crippen LogP contribution in [0.3, 0.4) is 0 Å². The Labute approximate surface area is 224 Å². The van der Waals surface area contributed by atoms with Crippen LogP contribution in [0.1, 0.15) is 38.6 Å². The van der Waals surface area contributed by atoms with Crippen LogP contribution in [0.25, 0.3) is 0 Å². The average molecular weight is 541 g/mol. The second-order valence-electron chi connectivity index (χ2n) is 10.5. The summed E-state index contributed by atoms with van der Waals surface area (Å²) in [5.74, 6) is -1.86. The maximum Gasteiger partial charge on any atom is 0.242 e. The van der Waals surface area contributed by atoms with Crippen LogP contribution in [0.15, 0.2) is 30.6 Å². The van der Waals surface area contributed by atoms with E-state index in [4.69, 9.17) is 4.74 Å². The number of carbonyl (C=O) groups excluding carboxylic acids is 2. The Balaban J connectivity index is 1.16. The molecule has 1 aliphatic carbocycles. The van der Waals surface area contributed by atoms with Gasteiger partial charge in [0.1, 0.15) is 5.82 Å². The number of aromatic amines is 1. The van der Waals surface area contributed by atoms with Crippen molar-refractivity contribution in [1.82, 2.24) is 35.2 Å². The monoisotopic (exact) mass is 540 g/mol. The number of aryl methyl sites for hydroxylation is 1. The lowest BCUT2D eigenvalue weighted by molar-refractivity contribution is -0.146. The number of hydrogen-bond acceptors (Lipinski definition) is 8. The number of amides is 2. The van der Waals surface area contributed by atoms with Crippen molar-refractivity contribution in [3.8, 4) is 11.6 Å². The van der Waals surface area contributed by atoms with E-state index in [-0.39, 0.29) is 35.2 Å². The van der Waals surface area contributed by atoms with Crippen LogP contribution in [-0.4, -0.2) is 78.2 Å². The van der Waals surface area contributed by atoms with Gasteiger partial charge in [-0.3, -0.25) is 14.5 Å². The highest BCUT2D eigenvalue weighted by Gasteiger charge is 2.42. The summed E-state index contributed by atoms with van der Waals surface area (Å²) in [7, 11) is 0. The Morgan fingerprint density at radius 3 is 2.67 bits per heavy atom. The van der Waals surface area contributed by atoms with Gasteiger partial charge in [0.2, 0.25) is 17.7 Å². The molecule has 11 nitrogen and oxygen atoms in total. The Kier molecular flexibility index (Phi) is 7.25. The van der Waals surface area contributed by atoms with Crippen molar-refractivity contribution in [3.63, 3.8) is 0 Å². The van der Waals surface area contributed by atoms with Gasteiger partial charge >= 0.3 is 0 Å². The fourth-order valence-corrected chi connectivity index (χ4v) is 5.15. The molecular weight excluding hydrogens is 510 g/mol. The Bertz CT molecular complexity index is 1360. The maximum absolute atomic E-state index is 13.8. The molecule has 206 valence electrons. The molecule has 2 N–H and O–H groups in total. The van der Waals surface area contributed by atoms with Crippen molar-refractivity contribution in [3.05, 3.63) is 53.6 Å². The number of nitrogens with one attached hydrogen (secondary N) is 2. The minimum atomic E-state index is -0.865. The summed E-state index contributed by atoms with van der Waals surface area (Å²) in [6.07, 6.45) is 4.61. The molecule has 0 saturated carbocycles. The standard InChI is InChI=1S/C26H30F2N8O3/c1-15(24(37)31-22-12-30-23(13-29-22)39-21-7-5-17(27)11-18(21)28)35-8-9-36(26(2,3)14-35)25(38)16-4-6-19-20(10-16)33-34-32-19/h5,7,11-13,15-16H,4,6,8-10,14H2,1-3H3,(H,29,31,37)(H,32,33,34)/t15-,16?/m0/s1. The highest BCUT2D eigenvalue weighted by atomic mass is 19.1. The van der Waals surface area contributed by atoms with Gasteiger partial charge in [0.25, 0.3) is 0 Å². The van der Waals surface area contributed by atoms with E-state index in [1.165, 1.54) is 12.4 Å². The first-order chi connectivity index (χ1) is 18.6. The molecule has 2 aliphatic rings. The van der Waals surface area contributed by atoms with E-state index in [0.29, 0.717) is 32.1 Å². The summed E-state index contributed by atoms with van der Waals surface area (Å²) in [6.45, 7) is 7.42. The number of ether oxygens (including phenoxy) is 1. The van der Waals surface area contributed by atoms with Gasteiger partial charge in [-0.15, -0.1) is 0 Å². The molecular formula is C26H30F2N8O3. The zero-order valence-electron chi connectivity index (χ0n) is 21.9. The molecule has 5 rings (SSSR count). The highest BCUT2D eigenvalue weighted by molar-refractivity contribution is 5.93. The number of fused-ring (bicyclic) bond motifs is 1. The van der Waals surface area contributed by atoms with Gasteiger partial charge in [-0.05, 0) is 45.7 Å². The minimum Gasteiger partial charge on any atom is -0.434 e. The number of nitrogens with zero attached hydrogens (tertiary/aromatic N) is 6. The molecule has 1 aromatic carbocycles. The quantitative estimate of drug-likeness (QED) is 0.488. The second-order valence-corrected chi connectivity index (χ2v) is 10.5. The number of halogens is 2. The number of anilines is 1. The van der Waals surface area contributed by atoms with Crippen molar-refractivity contribution in [2.75, 3.05) is 25.0 Å². The molecule has 1 aliphatic heterocycles. The van der Waals surface area contributed by atoms with E-state index in [9.17, 15) is 18.4 Å². The fraction of sp³-hybridized carbons (Fsp3) is 0.462. The highest BCUT2D eigenvalue weighted by Crippen LogP contribution is 2.30. The van der Waals surface area contributed by atoms with Gasteiger partial charge in [0.15, 0.2) is 17.4 Å². The third-order valence-corrected chi connectivity index (χ3v) is 7.33. The number of benzene rings is 1. The maximum atomic E-state index is 13.8. The molecule has 3 heterocycles. The van der Waals surface area contributed by atoms with E-state index in [2.05, 4.69) is 30.7 Å². The van der Waals surface area contributed by atoms with Crippen molar-refractivity contribution < 1.29 is 23.1 Å². The lowest BCUT2D eigenvalue weighted by Gasteiger charge is -2.49. The van der Waals surface area contributed by atoms with Gasteiger partial charge in [0.05, 0.1) is 35.4 Å². The van der Waals surface area contributed by atoms with E-state index in [1.54, 1.807) is 6.92 Å². The molecule has 39 heavy (non-hydrogen) atoms. The predicted octanol–water partition coefficient (Wildman–Crippen LogP) is 2.72. The van der Waals surface area contributed by atoms with Gasteiger partial charge in [0, 0.05) is 38.0 Å². The van der Waals surface area contributed by atoms with Gasteiger partial charge in [-0.1, -0.05) is 0 Å². The van der Waals surface area contributed by atoms with Crippen LogP contribution in [0, 0.1) is 17.6 Å². The summed E-state index contributed by atoms with van der Waals surface area (Å²) in [5.41, 5.74) is 1.34. The topological polar surface area (TPSA) is 129 Å². The Hall–Kier alpha value is -4.00. The zero-order chi connectivity index (χ0) is 27.7. The van der Waals surface area contributed by atoms with Crippen LogP contribution in [-0.2, 0) is 22.4 Å². The summed E-state index contributed by atoms with van der Waals surface area (Å²) < 4.78 is 32.2. The van der Waals surface area contributed by atoms with Gasteiger partial charge < -0.3 is 15.0 Å². The summed E-state index contributed by atoms with van der Waals surface area (Å²) in [4.78, 5) is 38.6. The number of rotatable bonds is 6. The predicted molar refractivity (Wildman–Crippen MR) is 136 cm³/mol. The number of piperazine rings is 1. The summed E-state index contributed by atoms with van der Waals surface area (Å²) in [6, 6.07) is 2.45. The van der Waals surface area contributed by atoms with Crippen LogP contribution in [0.2, 0.25) is 0 Å². The van der Waals surface area contributed by atoms with Gasteiger partial charge in [-0.2, -0.15) is 15.4 Å². The third kappa shape index (κ3) is 5.72. The van der Waals surface area contributed by atoms with Crippen molar-refractivity contribution >= 4 is 17.6 Å². The lowest BCUT2D eigenvalue weighted by atomic mass is 9.86. The summed E-state index contributed by atoms with van der Waals surface area (Å²) >= 11 is 0. The van der Waals surface area contributed by atoms with Crippen molar-refractivity contribution in [2.45, 2.75) is 51.6 Å².